The number of thiophene rings is 1. The van der Waals surface area contributed by atoms with E-state index in [-0.39, 0.29) is 0 Å². The van der Waals surface area contributed by atoms with Crippen molar-refractivity contribution in [3.05, 3.63) is 152 Å². The molecular formula is C45H25N3O2S. The summed E-state index contributed by atoms with van der Waals surface area (Å²) in [7, 11) is 0. The van der Waals surface area contributed by atoms with Crippen LogP contribution in [0, 0.1) is 0 Å². The van der Waals surface area contributed by atoms with Gasteiger partial charge in [0.25, 0.3) is 0 Å². The average Bonchev–Trinajstić information content (AvgIpc) is 3.89. The monoisotopic (exact) mass is 671 g/mol. The molecule has 11 aromatic rings. The molecule has 0 aliphatic carbocycles. The molecule has 0 aliphatic rings. The molecular weight excluding hydrogens is 647 g/mol. The molecule has 0 amide bonds. The van der Waals surface area contributed by atoms with Crippen LogP contribution in [0.25, 0.3) is 109 Å². The smallest absolute Gasteiger partial charge is 0.165 e. The maximum Gasteiger partial charge on any atom is 0.165 e. The van der Waals surface area contributed by atoms with Crippen molar-refractivity contribution in [1.82, 2.24) is 15.0 Å². The molecule has 0 saturated carbocycles. The van der Waals surface area contributed by atoms with E-state index >= 15 is 0 Å². The van der Waals surface area contributed by atoms with E-state index in [1.54, 1.807) is 11.3 Å². The Morgan fingerprint density at radius 3 is 1.96 bits per heavy atom. The second-order valence-corrected chi connectivity index (χ2v) is 13.8. The molecule has 11 rings (SSSR count). The summed E-state index contributed by atoms with van der Waals surface area (Å²) >= 11 is 1.77. The number of furan rings is 2. The van der Waals surface area contributed by atoms with Crippen LogP contribution in [0.15, 0.2) is 160 Å². The molecule has 0 unspecified atom stereocenters. The highest BCUT2D eigenvalue weighted by molar-refractivity contribution is 7.26. The van der Waals surface area contributed by atoms with Gasteiger partial charge in [-0.25, -0.2) is 15.0 Å². The molecule has 0 N–H and O–H groups in total. The van der Waals surface area contributed by atoms with Gasteiger partial charge in [0, 0.05) is 64.0 Å². The maximum atomic E-state index is 6.57. The van der Waals surface area contributed by atoms with Crippen molar-refractivity contribution in [2.75, 3.05) is 0 Å². The van der Waals surface area contributed by atoms with E-state index in [4.69, 9.17) is 23.8 Å². The van der Waals surface area contributed by atoms with Crippen LogP contribution in [-0.4, -0.2) is 15.0 Å². The molecule has 0 atom stereocenters. The van der Waals surface area contributed by atoms with Gasteiger partial charge < -0.3 is 8.83 Å². The van der Waals surface area contributed by atoms with Gasteiger partial charge >= 0.3 is 0 Å². The molecule has 4 heterocycles. The molecule has 6 heteroatoms. The van der Waals surface area contributed by atoms with Crippen molar-refractivity contribution in [2.45, 2.75) is 0 Å². The molecule has 0 fully saturated rings. The first kappa shape index (κ1) is 28.2. The molecule has 0 radical (unpaired) electrons. The minimum absolute atomic E-state index is 0.599. The summed E-state index contributed by atoms with van der Waals surface area (Å²) < 4.78 is 15.3. The van der Waals surface area contributed by atoms with E-state index in [0.717, 1.165) is 76.4 Å². The van der Waals surface area contributed by atoms with E-state index in [1.165, 1.54) is 15.5 Å². The molecule has 238 valence electrons. The molecule has 4 aromatic heterocycles. The molecule has 51 heavy (non-hydrogen) atoms. The van der Waals surface area contributed by atoms with Crippen LogP contribution in [0.3, 0.4) is 0 Å². The third kappa shape index (κ3) is 4.37. The van der Waals surface area contributed by atoms with Gasteiger partial charge in [-0.15, -0.1) is 11.3 Å². The zero-order chi connectivity index (χ0) is 33.5. The second kappa shape index (κ2) is 10.9. The van der Waals surface area contributed by atoms with Gasteiger partial charge in [-0.05, 0) is 42.0 Å². The predicted octanol–water partition coefficient (Wildman–Crippen LogP) is 12.7. The molecule has 0 aliphatic heterocycles. The van der Waals surface area contributed by atoms with Gasteiger partial charge in [0.05, 0.1) is 0 Å². The lowest BCUT2D eigenvalue weighted by molar-refractivity contribution is 0.668. The lowest BCUT2D eigenvalue weighted by Crippen LogP contribution is -2.00. The van der Waals surface area contributed by atoms with Crippen molar-refractivity contribution in [3.63, 3.8) is 0 Å². The second-order valence-electron chi connectivity index (χ2n) is 12.7. The lowest BCUT2D eigenvalue weighted by atomic mass is 10.00. The Morgan fingerprint density at radius 2 is 1.06 bits per heavy atom. The third-order valence-corrected chi connectivity index (χ3v) is 11.0. The largest absolute Gasteiger partial charge is 0.456 e. The maximum absolute atomic E-state index is 6.57. The van der Waals surface area contributed by atoms with Crippen LogP contribution in [0.2, 0.25) is 0 Å². The number of rotatable bonds is 4. The van der Waals surface area contributed by atoms with E-state index in [0.29, 0.717) is 17.5 Å². The van der Waals surface area contributed by atoms with Crippen LogP contribution < -0.4 is 0 Å². The summed E-state index contributed by atoms with van der Waals surface area (Å²) in [5.41, 5.74) is 8.17. The highest BCUT2D eigenvalue weighted by Gasteiger charge is 2.20. The van der Waals surface area contributed by atoms with Crippen molar-refractivity contribution < 1.29 is 8.83 Å². The quantitative estimate of drug-likeness (QED) is 0.186. The molecule has 5 nitrogen and oxygen atoms in total. The molecule has 0 bridgehead atoms. The fourth-order valence-corrected chi connectivity index (χ4v) is 8.62. The number of fused-ring (bicyclic) bond motifs is 9. The topological polar surface area (TPSA) is 65.0 Å². The number of aromatic nitrogens is 3. The number of hydrogen-bond acceptors (Lipinski definition) is 6. The van der Waals surface area contributed by atoms with Gasteiger partial charge in [-0.2, -0.15) is 0 Å². The summed E-state index contributed by atoms with van der Waals surface area (Å²) in [5, 5.41) is 6.62. The highest BCUT2D eigenvalue weighted by Crippen LogP contribution is 2.42. The summed E-state index contributed by atoms with van der Waals surface area (Å²) in [6.45, 7) is 0. The first-order valence-corrected chi connectivity index (χ1v) is 17.7. The minimum Gasteiger partial charge on any atom is -0.456 e. The Morgan fingerprint density at radius 1 is 0.392 bits per heavy atom. The van der Waals surface area contributed by atoms with Gasteiger partial charge in [0.2, 0.25) is 0 Å². The highest BCUT2D eigenvalue weighted by atomic mass is 32.1. The SMILES string of the molecule is c1ccc(-c2nc(-c3cccc4c3sc3ccccc34)nc(-c3cccc4oc5cc(-c6cccc7c6oc6ccccc67)ccc5c34)n2)cc1. The fourth-order valence-electron chi connectivity index (χ4n) is 7.41. The fraction of sp³-hybridized carbons (Fsp3) is 0. The van der Waals surface area contributed by atoms with Crippen LogP contribution in [0.4, 0.5) is 0 Å². The zero-order valence-corrected chi connectivity index (χ0v) is 27.8. The van der Waals surface area contributed by atoms with Crippen LogP contribution in [0.1, 0.15) is 0 Å². The summed E-state index contributed by atoms with van der Waals surface area (Å²) in [5.74, 6) is 1.86. The number of para-hydroxylation sites is 2. The first-order chi connectivity index (χ1) is 25.3. The normalized spacial score (nSPS) is 11.9. The summed E-state index contributed by atoms with van der Waals surface area (Å²) in [4.78, 5) is 15.4. The van der Waals surface area contributed by atoms with Gasteiger partial charge in [-0.1, -0.05) is 115 Å². The van der Waals surface area contributed by atoms with Crippen LogP contribution in [0.5, 0.6) is 0 Å². The Bertz CT molecular complexity index is 3160. The average molecular weight is 672 g/mol. The number of nitrogens with zero attached hydrogens (tertiary/aromatic N) is 3. The van der Waals surface area contributed by atoms with Crippen LogP contribution >= 0.6 is 11.3 Å². The third-order valence-electron chi connectivity index (χ3n) is 9.77. The Labute approximate surface area is 295 Å². The summed E-state index contributed by atoms with van der Waals surface area (Å²) in [6.07, 6.45) is 0. The zero-order valence-electron chi connectivity index (χ0n) is 27.0. The molecule has 0 spiro atoms. The van der Waals surface area contributed by atoms with Gasteiger partial charge in [-0.3, -0.25) is 0 Å². The summed E-state index contributed by atoms with van der Waals surface area (Å²) in [6, 6.07) is 52.0. The number of benzene rings is 7. The molecule has 0 saturated heterocycles. The lowest BCUT2D eigenvalue weighted by Gasteiger charge is -2.10. The van der Waals surface area contributed by atoms with E-state index < -0.39 is 0 Å². The van der Waals surface area contributed by atoms with E-state index in [9.17, 15) is 0 Å². The van der Waals surface area contributed by atoms with Crippen molar-refractivity contribution in [3.8, 4) is 45.3 Å². The Kier molecular flexibility index (Phi) is 6.05. The van der Waals surface area contributed by atoms with Crippen molar-refractivity contribution >= 4 is 75.4 Å². The van der Waals surface area contributed by atoms with Crippen molar-refractivity contribution in [2.24, 2.45) is 0 Å². The van der Waals surface area contributed by atoms with Crippen LogP contribution in [-0.2, 0) is 0 Å². The minimum atomic E-state index is 0.599. The first-order valence-electron chi connectivity index (χ1n) is 16.9. The predicted molar refractivity (Wildman–Crippen MR) is 209 cm³/mol. The Hall–Kier alpha value is -6.63. The van der Waals surface area contributed by atoms with Crippen molar-refractivity contribution in [1.29, 1.82) is 0 Å². The van der Waals surface area contributed by atoms with Gasteiger partial charge in [0.1, 0.15) is 22.3 Å². The Balaban J connectivity index is 1.12. The van der Waals surface area contributed by atoms with E-state index in [2.05, 4.69) is 91.0 Å². The van der Waals surface area contributed by atoms with Gasteiger partial charge in [0.15, 0.2) is 17.5 Å². The standard InChI is InChI=1S/C45H25N3O2S/c1-2-11-26(12-3-1)43-46-44(48-45(47-43)35-19-9-17-32-30-14-5-7-22-39(30)51-42(32)35)34-18-10-21-37-40(34)33-24-23-27(25-38(33)49-37)28-15-8-16-31-29-13-4-6-20-36(29)50-41(28)31/h1-25H. The molecule has 7 aromatic carbocycles. The number of hydrogen-bond donors (Lipinski definition) is 0. The van der Waals surface area contributed by atoms with E-state index in [1.807, 2.05) is 60.7 Å².